The van der Waals surface area contributed by atoms with Crippen LogP contribution in [0.25, 0.3) is 10.8 Å². The van der Waals surface area contributed by atoms with E-state index >= 15 is 0 Å². The van der Waals surface area contributed by atoms with Crippen molar-refractivity contribution >= 4 is 37.2 Å². The maximum atomic E-state index is 11.8. The highest BCUT2D eigenvalue weighted by Crippen LogP contribution is 2.49. The standard InChI is InChI=1S/C22H19NO8S2/c1-13-10-17(19(31-2)12-20(13)33(28,29)30)22(8-3-9-23-22)21-16-6-5-15(32(25,26)27)11-14(16)4-7-18(21)24/h3-12,24H,1-2H3,(H,25,26,27)(H,28,29,30). The number of ether oxygens (including phenoxy) is 1. The Morgan fingerprint density at radius 1 is 0.970 bits per heavy atom. The summed E-state index contributed by atoms with van der Waals surface area (Å²) in [5.41, 5.74) is -0.431. The zero-order valence-electron chi connectivity index (χ0n) is 17.4. The van der Waals surface area contributed by atoms with E-state index in [4.69, 9.17) is 4.74 Å². The Labute approximate surface area is 190 Å². The normalized spacial score (nSPS) is 18.2. The van der Waals surface area contributed by atoms with E-state index in [0.717, 1.165) is 0 Å². The molecule has 0 aliphatic carbocycles. The maximum Gasteiger partial charge on any atom is 0.294 e. The second-order valence-electron chi connectivity index (χ2n) is 7.51. The largest absolute Gasteiger partial charge is 0.508 e. The maximum absolute atomic E-state index is 11.8. The number of benzene rings is 3. The second-order valence-corrected chi connectivity index (χ2v) is 10.3. The van der Waals surface area contributed by atoms with Gasteiger partial charge in [-0.3, -0.25) is 14.1 Å². The third kappa shape index (κ3) is 3.78. The van der Waals surface area contributed by atoms with Gasteiger partial charge in [0.1, 0.15) is 21.9 Å². The van der Waals surface area contributed by atoms with Gasteiger partial charge in [-0.05, 0) is 59.7 Å². The van der Waals surface area contributed by atoms with Crippen molar-refractivity contribution in [1.82, 2.24) is 0 Å². The van der Waals surface area contributed by atoms with Crippen LogP contribution in [0.5, 0.6) is 11.5 Å². The molecule has 11 heteroatoms. The van der Waals surface area contributed by atoms with Crippen LogP contribution in [0.1, 0.15) is 16.7 Å². The summed E-state index contributed by atoms with van der Waals surface area (Å²) in [5.74, 6) is -0.0488. The molecule has 1 atom stereocenters. The summed E-state index contributed by atoms with van der Waals surface area (Å²) in [5, 5.41) is 11.8. The van der Waals surface area contributed by atoms with Crippen LogP contribution in [0.4, 0.5) is 0 Å². The van der Waals surface area contributed by atoms with Crippen LogP contribution in [0.2, 0.25) is 0 Å². The van der Waals surface area contributed by atoms with Crippen molar-refractivity contribution in [2.24, 2.45) is 4.99 Å². The van der Waals surface area contributed by atoms with E-state index in [0.29, 0.717) is 21.9 Å². The molecule has 33 heavy (non-hydrogen) atoms. The topological polar surface area (TPSA) is 151 Å². The molecule has 4 rings (SSSR count). The van der Waals surface area contributed by atoms with Crippen molar-refractivity contribution in [3.63, 3.8) is 0 Å². The molecule has 0 fully saturated rings. The van der Waals surface area contributed by atoms with Gasteiger partial charge in [0.25, 0.3) is 20.2 Å². The van der Waals surface area contributed by atoms with Crippen LogP contribution in [-0.4, -0.2) is 44.4 Å². The highest BCUT2D eigenvalue weighted by atomic mass is 32.2. The number of hydrogen-bond donors (Lipinski definition) is 3. The van der Waals surface area contributed by atoms with Crippen molar-refractivity contribution in [2.75, 3.05) is 7.11 Å². The average Bonchev–Trinajstić information content (AvgIpc) is 3.22. The predicted octanol–water partition coefficient (Wildman–Crippen LogP) is 3.24. The molecule has 1 heterocycles. The van der Waals surface area contributed by atoms with E-state index in [-0.39, 0.29) is 26.9 Å². The molecule has 3 aromatic carbocycles. The molecule has 1 unspecified atom stereocenters. The molecule has 0 saturated heterocycles. The molecule has 0 radical (unpaired) electrons. The number of aryl methyl sites for hydroxylation is 1. The first-order chi connectivity index (χ1) is 15.4. The lowest BCUT2D eigenvalue weighted by atomic mass is 9.79. The van der Waals surface area contributed by atoms with Gasteiger partial charge >= 0.3 is 0 Å². The van der Waals surface area contributed by atoms with Gasteiger partial charge in [-0.1, -0.05) is 12.1 Å². The van der Waals surface area contributed by atoms with Gasteiger partial charge in [0.15, 0.2) is 0 Å². The molecule has 3 aromatic rings. The summed E-state index contributed by atoms with van der Waals surface area (Å²) in [7, 11) is -7.63. The lowest BCUT2D eigenvalue weighted by Gasteiger charge is -2.30. The molecule has 172 valence electrons. The zero-order chi connectivity index (χ0) is 24.2. The fraction of sp³-hybridized carbons (Fsp3) is 0.136. The van der Waals surface area contributed by atoms with E-state index in [2.05, 4.69) is 4.99 Å². The van der Waals surface area contributed by atoms with Crippen molar-refractivity contribution in [3.05, 3.63) is 71.3 Å². The Morgan fingerprint density at radius 3 is 2.27 bits per heavy atom. The first-order valence-corrected chi connectivity index (χ1v) is 12.4. The minimum Gasteiger partial charge on any atom is -0.508 e. The Balaban J connectivity index is 2.09. The Kier molecular flexibility index (Phi) is 5.32. The molecule has 0 spiro atoms. The predicted molar refractivity (Wildman–Crippen MR) is 121 cm³/mol. The molecule has 1 aliphatic heterocycles. The minimum atomic E-state index is -4.52. The number of aromatic hydroxyl groups is 1. The molecule has 0 aromatic heterocycles. The van der Waals surface area contributed by atoms with Gasteiger partial charge in [-0.2, -0.15) is 16.8 Å². The third-order valence-corrected chi connectivity index (χ3v) is 7.38. The lowest BCUT2D eigenvalue weighted by molar-refractivity contribution is 0.399. The first kappa shape index (κ1) is 22.9. The van der Waals surface area contributed by atoms with E-state index in [9.17, 15) is 31.0 Å². The monoisotopic (exact) mass is 489 g/mol. The van der Waals surface area contributed by atoms with E-state index in [1.807, 2.05) is 0 Å². The van der Waals surface area contributed by atoms with Crippen molar-refractivity contribution in [2.45, 2.75) is 22.3 Å². The number of phenols is 1. The van der Waals surface area contributed by atoms with Gasteiger partial charge in [0, 0.05) is 23.4 Å². The number of aliphatic imine (C=N–C) groups is 1. The summed E-state index contributed by atoms with van der Waals surface area (Å²) in [6.07, 6.45) is 4.84. The number of rotatable bonds is 5. The number of allylic oxidation sites excluding steroid dienone is 1. The third-order valence-electron chi connectivity index (χ3n) is 5.54. The van der Waals surface area contributed by atoms with E-state index in [1.54, 1.807) is 12.2 Å². The summed E-state index contributed by atoms with van der Waals surface area (Å²) in [6, 6.07) is 9.49. The number of methoxy groups -OCH3 is 1. The SMILES string of the molecule is COc1cc(S(=O)(=O)O)c(C)cc1C1(c2c(O)ccc3cc(S(=O)(=O)O)ccc23)C=CC=N1. The van der Waals surface area contributed by atoms with Crippen molar-refractivity contribution in [1.29, 1.82) is 0 Å². The van der Waals surface area contributed by atoms with Crippen molar-refractivity contribution in [3.8, 4) is 11.5 Å². The summed E-state index contributed by atoms with van der Waals surface area (Å²) >= 11 is 0. The average molecular weight is 490 g/mol. The summed E-state index contributed by atoms with van der Waals surface area (Å²) in [6.45, 7) is 1.50. The van der Waals surface area contributed by atoms with Crippen LogP contribution in [0.3, 0.4) is 0 Å². The number of phenolic OH excluding ortho intramolecular Hbond substituents is 1. The lowest BCUT2D eigenvalue weighted by Crippen LogP contribution is -2.23. The fourth-order valence-corrected chi connectivity index (χ4v) is 5.34. The quantitative estimate of drug-likeness (QED) is 0.462. The Morgan fingerprint density at radius 2 is 1.70 bits per heavy atom. The first-order valence-electron chi connectivity index (χ1n) is 9.52. The van der Waals surface area contributed by atoms with E-state index in [1.165, 1.54) is 62.7 Å². The Bertz CT molecular complexity index is 1560. The molecule has 0 saturated carbocycles. The van der Waals surface area contributed by atoms with Gasteiger partial charge in [-0.25, -0.2) is 0 Å². The second kappa shape index (κ2) is 7.66. The van der Waals surface area contributed by atoms with Crippen molar-refractivity contribution < 1.29 is 35.8 Å². The van der Waals surface area contributed by atoms with Gasteiger partial charge < -0.3 is 9.84 Å². The molecule has 0 bridgehead atoms. The van der Waals surface area contributed by atoms with Crippen LogP contribution in [0, 0.1) is 6.92 Å². The van der Waals surface area contributed by atoms with Crippen LogP contribution in [0.15, 0.2) is 69.4 Å². The molecular weight excluding hydrogens is 470 g/mol. The number of nitrogens with zero attached hydrogens (tertiary/aromatic N) is 1. The van der Waals surface area contributed by atoms with Crippen LogP contribution < -0.4 is 4.74 Å². The molecule has 0 amide bonds. The molecule has 9 nitrogen and oxygen atoms in total. The zero-order valence-corrected chi connectivity index (χ0v) is 19.1. The smallest absolute Gasteiger partial charge is 0.294 e. The van der Waals surface area contributed by atoms with E-state index < -0.39 is 25.8 Å². The minimum absolute atomic E-state index is 0.0999. The molecular formula is C22H19NO8S2. The molecule has 1 aliphatic rings. The number of fused-ring (bicyclic) bond motifs is 1. The number of hydrogen-bond acceptors (Lipinski definition) is 7. The van der Waals surface area contributed by atoms with Crippen LogP contribution in [-0.2, 0) is 25.8 Å². The Hall–Kier alpha value is -3.25. The summed E-state index contributed by atoms with van der Waals surface area (Å²) in [4.78, 5) is 3.94. The fourth-order valence-electron chi connectivity index (χ4n) is 4.10. The van der Waals surface area contributed by atoms with Gasteiger partial charge in [-0.15, -0.1) is 0 Å². The van der Waals surface area contributed by atoms with Gasteiger partial charge in [0.05, 0.1) is 12.0 Å². The molecule has 3 N–H and O–H groups in total. The highest BCUT2D eigenvalue weighted by Gasteiger charge is 2.40. The summed E-state index contributed by atoms with van der Waals surface area (Å²) < 4.78 is 71.2. The van der Waals surface area contributed by atoms with Gasteiger partial charge in [0.2, 0.25) is 0 Å². The highest BCUT2D eigenvalue weighted by molar-refractivity contribution is 7.86. The van der Waals surface area contributed by atoms with Crippen LogP contribution >= 0.6 is 0 Å².